The van der Waals surface area contributed by atoms with Gasteiger partial charge in [0.15, 0.2) is 0 Å². The van der Waals surface area contributed by atoms with Gasteiger partial charge >= 0.3 is 5.97 Å². The predicted molar refractivity (Wildman–Crippen MR) is 82.2 cm³/mol. The van der Waals surface area contributed by atoms with Crippen LogP contribution in [0.4, 0.5) is 0 Å². The lowest BCUT2D eigenvalue weighted by Crippen LogP contribution is -2.38. The lowest BCUT2D eigenvalue weighted by molar-refractivity contribution is -0.138. The van der Waals surface area contributed by atoms with Gasteiger partial charge in [-0.1, -0.05) is 25.1 Å². The van der Waals surface area contributed by atoms with E-state index in [0.717, 1.165) is 16.9 Å². The number of aliphatic carboxylic acids is 1. The molecular formula is C16H19N3O3. The van der Waals surface area contributed by atoms with E-state index in [-0.39, 0.29) is 0 Å². The Labute approximate surface area is 128 Å². The Morgan fingerprint density at radius 3 is 2.64 bits per heavy atom. The molecule has 2 N–H and O–H groups in total. The lowest BCUT2D eigenvalue weighted by Gasteiger charge is -2.12. The van der Waals surface area contributed by atoms with E-state index in [9.17, 15) is 9.59 Å². The number of hydrogen-bond acceptors (Lipinski definition) is 3. The van der Waals surface area contributed by atoms with Gasteiger partial charge in [0, 0.05) is 0 Å². The molecule has 0 aliphatic carbocycles. The maximum Gasteiger partial charge on any atom is 0.325 e. The fourth-order valence-corrected chi connectivity index (χ4v) is 2.25. The number of aryl methyl sites for hydroxylation is 1. The van der Waals surface area contributed by atoms with Gasteiger partial charge in [0.25, 0.3) is 5.91 Å². The number of benzene rings is 1. The molecule has 2 rings (SSSR count). The van der Waals surface area contributed by atoms with Crippen LogP contribution in [-0.4, -0.2) is 32.8 Å². The Hall–Kier alpha value is -2.63. The number of carbonyl (C=O) groups is 2. The largest absolute Gasteiger partial charge is 0.480 e. The molecule has 0 unspecified atom stereocenters. The molecule has 2 aromatic rings. The number of nitrogens with one attached hydrogen (secondary N) is 1. The monoisotopic (exact) mass is 301 g/mol. The molecule has 1 aromatic carbocycles. The second-order valence-corrected chi connectivity index (χ2v) is 5.09. The van der Waals surface area contributed by atoms with Gasteiger partial charge in [0.05, 0.1) is 23.1 Å². The highest BCUT2D eigenvalue weighted by atomic mass is 16.4. The van der Waals surface area contributed by atoms with Crippen molar-refractivity contribution in [1.29, 1.82) is 0 Å². The van der Waals surface area contributed by atoms with E-state index < -0.39 is 17.9 Å². The van der Waals surface area contributed by atoms with Gasteiger partial charge in [0.1, 0.15) is 6.04 Å². The molecule has 116 valence electrons. The molecule has 0 radical (unpaired) electrons. The molecule has 0 aliphatic rings. The van der Waals surface area contributed by atoms with Crippen LogP contribution in [0.25, 0.3) is 5.69 Å². The summed E-state index contributed by atoms with van der Waals surface area (Å²) >= 11 is 0. The van der Waals surface area contributed by atoms with Crippen molar-refractivity contribution in [2.45, 2.75) is 33.2 Å². The topological polar surface area (TPSA) is 84.2 Å². The Morgan fingerprint density at radius 1 is 1.36 bits per heavy atom. The first-order valence-electron chi connectivity index (χ1n) is 7.12. The normalized spacial score (nSPS) is 12.0. The minimum atomic E-state index is -1.07. The van der Waals surface area contributed by atoms with Crippen LogP contribution >= 0.6 is 0 Å². The van der Waals surface area contributed by atoms with Crippen LogP contribution in [0.5, 0.6) is 0 Å². The summed E-state index contributed by atoms with van der Waals surface area (Å²) in [4.78, 5) is 23.1. The summed E-state index contributed by atoms with van der Waals surface area (Å²) in [7, 11) is 0. The zero-order valence-electron chi connectivity index (χ0n) is 12.8. The van der Waals surface area contributed by atoms with Crippen molar-refractivity contribution in [2.75, 3.05) is 0 Å². The van der Waals surface area contributed by atoms with Crippen LogP contribution in [0.1, 0.15) is 35.5 Å². The molecule has 22 heavy (non-hydrogen) atoms. The number of hydrogen-bond donors (Lipinski definition) is 2. The third-order valence-corrected chi connectivity index (χ3v) is 3.51. The summed E-state index contributed by atoms with van der Waals surface area (Å²) in [5.41, 5.74) is 3.11. The molecule has 0 spiro atoms. The zero-order valence-corrected chi connectivity index (χ0v) is 12.8. The fraction of sp³-hybridized carbons (Fsp3) is 0.312. The minimum Gasteiger partial charge on any atom is -0.480 e. The van der Waals surface area contributed by atoms with Gasteiger partial charge in [-0.2, -0.15) is 5.10 Å². The minimum absolute atomic E-state index is 0.402. The average Bonchev–Trinajstić information content (AvgIpc) is 2.91. The van der Waals surface area contributed by atoms with Crippen LogP contribution in [0.15, 0.2) is 30.5 Å². The number of amides is 1. The number of carbonyl (C=O) groups excluding carboxylic acids is 1. The number of carboxylic acids is 1. The maximum atomic E-state index is 12.2. The van der Waals surface area contributed by atoms with Gasteiger partial charge in [-0.15, -0.1) is 0 Å². The van der Waals surface area contributed by atoms with Gasteiger partial charge in [0.2, 0.25) is 0 Å². The first-order chi connectivity index (χ1) is 10.5. The maximum absolute atomic E-state index is 12.2. The van der Waals surface area contributed by atoms with Gasteiger partial charge in [-0.05, 0) is 31.9 Å². The van der Waals surface area contributed by atoms with E-state index in [1.54, 1.807) is 4.68 Å². The van der Waals surface area contributed by atoms with E-state index in [1.165, 1.54) is 13.1 Å². The molecule has 1 aromatic heterocycles. The molecule has 6 heteroatoms. The van der Waals surface area contributed by atoms with Crippen molar-refractivity contribution in [3.8, 4) is 5.69 Å². The molecule has 1 amide bonds. The van der Waals surface area contributed by atoms with Crippen molar-refractivity contribution in [3.05, 3.63) is 47.3 Å². The van der Waals surface area contributed by atoms with E-state index in [0.29, 0.717) is 12.0 Å². The van der Waals surface area contributed by atoms with Crippen LogP contribution in [-0.2, 0) is 11.2 Å². The summed E-state index contributed by atoms with van der Waals surface area (Å²) < 4.78 is 1.73. The second kappa shape index (κ2) is 6.43. The SMILES string of the molecule is CCc1c(C(=O)N[C@H](C)C(=O)O)cnn1-c1ccccc1C. The highest BCUT2D eigenvalue weighted by Gasteiger charge is 2.21. The molecule has 0 aliphatic heterocycles. The summed E-state index contributed by atoms with van der Waals surface area (Å²) in [6.45, 7) is 5.34. The highest BCUT2D eigenvalue weighted by molar-refractivity contribution is 5.97. The molecule has 1 atom stereocenters. The summed E-state index contributed by atoms with van der Waals surface area (Å²) in [5, 5.41) is 15.6. The van der Waals surface area contributed by atoms with E-state index >= 15 is 0 Å². The number of para-hydroxylation sites is 1. The molecule has 0 saturated carbocycles. The average molecular weight is 301 g/mol. The van der Waals surface area contributed by atoms with Crippen LogP contribution in [0.2, 0.25) is 0 Å². The van der Waals surface area contributed by atoms with E-state index in [1.807, 2.05) is 38.1 Å². The van der Waals surface area contributed by atoms with Gasteiger partial charge in [-0.25, -0.2) is 4.68 Å². The van der Waals surface area contributed by atoms with E-state index in [2.05, 4.69) is 10.4 Å². The van der Waals surface area contributed by atoms with Gasteiger partial charge in [-0.3, -0.25) is 9.59 Å². The fourth-order valence-electron chi connectivity index (χ4n) is 2.25. The standard InChI is InChI=1S/C16H19N3O3/c1-4-13-12(15(20)18-11(3)16(21)22)9-17-19(13)14-8-6-5-7-10(14)2/h5-9,11H,4H2,1-3H3,(H,18,20)(H,21,22)/t11-/m1/s1. The smallest absolute Gasteiger partial charge is 0.325 e. The van der Waals surface area contributed by atoms with Crippen LogP contribution < -0.4 is 5.32 Å². The van der Waals surface area contributed by atoms with Gasteiger partial charge < -0.3 is 10.4 Å². The van der Waals surface area contributed by atoms with Crippen molar-refractivity contribution in [3.63, 3.8) is 0 Å². The lowest BCUT2D eigenvalue weighted by atomic mass is 10.1. The van der Waals surface area contributed by atoms with Crippen molar-refractivity contribution < 1.29 is 14.7 Å². The van der Waals surface area contributed by atoms with Crippen LogP contribution in [0.3, 0.4) is 0 Å². The summed E-state index contributed by atoms with van der Waals surface area (Å²) in [5.74, 6) is -1.50. The first-order valence-corrected chi connectivity index (χ1v) is 7.12. The molecular weight excluding hydrogens is 282 g/mol. The van der Waals surface area contributed by atoms with Crippen LogP contribution in [0, 0.1) is 6.92 Å². The Morgan fingerprint density at radius 2 is 2.05 bits per heavy atom. The molecule has 6 nitrogen and oxygen atoms in total. The highest BCUT2D eigenvalue weighted by Crippen LogP contribution is 2.18. The molecule has 0 bridgehead atoms. The number of rotatable bonds is 5. The third kappa shape index (κ3) is 3.00. The first kappa shape index (κ1) is 15.8. The van der Waals surface area contributed by atoms with Crippen molar-refractivity contribution >= 4 is 11.9 Å². The van der Waals surface area contributed by atoms with Crippen molar-refractivity contribution in [1.82, 2.24) is 15.1 Å². The Kier molecular flexibility index (Phi) is 4.60. The molecule has 0 saturated heterocycles. The predicted octanol–water partition coefficient (Wildman–Crippen LogP) is 1.95. The molecule has 1 heterocycles. The Bertz CT molecular complexity index is 706. The third-order valence-electron chi connectivity index (χ3n) is 3.51. The summed E-state index contributed by atoms with van der Waals surface area (Å²) in [6, 6.07) is 6.82. The molecule has 0 fully saturated rings. The second-order valence-electron chi connectivity index (χ2n) is 5.09. The van der Waals surface area contributed by atoms with Crippen molar-refractivity contribution in [2.24, 2.45) is 0 Å². The number of aromatic nitrogens is 2. The summed E-state index contributed by atoms with van der Waals surface area (Å²) in [6.07, 6.45) is 2.09. The quantitative estimate of drug-likeness (QED) is 0.884. The number of carboxylic acid groups (broad SMARTS) is 1. The number of nitrogens with zero attached hydrogens (tertiary/aromatic N) is 2. The Balaban J connectivity index is 2.38. The zero-order chi connectivity index (χ0) is 16.3. The van der Waals surface area contributed by atoms with E-state index in [4.69, 9.17) is 5.11 Å².